The van der Waals surface area contributed by atoms with Crippen molar-refractivity contribution in [3.05, 3.63) is 43.1 Å². The van der Waals surface area contributed by atoms with Gasteiger partial charge in [0.2, 0.25) is 33.6 Å². The molecule has 5 rings (SSSR count). The average molecular weight is 711 g/mol. The predicted octanol–water partition coefficient (Wildman–Crippen LogP) is 4.27. The van der Waals surface area contributed by atoms with Crippen LogP contribution in [0.15, 0.2) is 43.1 Å². The van der Waals surface area contributed by atoms with Gasteiger partial charge >= 0.3 is 0 Å². The number of nitrogens with one attached hydrogen (secondary N) is 1. The zero-order chi connectivity index (χ0) is 36.6. The highest BCUT2D eigenvalue weighted by Gasteiger charge is 2.61. The van der Waals surface area contributed by atoms with Crippen LogP contribution in [0.25, 0.3) is 10.8 Å². The Morgan fingerprint density at radius 3 is 2.44 bits per heavy atom. The van der Waals surface area contributed by atoms with Gasteiger partial charge in [0.1, 0.15) is 11.9 Å². The fourth-order valence-electron chi connectivity index (χ4n) is 7.09. The number of methoxy groups -OCH3 is 1. The molecule has 0 unspecified atom stereocenters. The summed E-state index contributed by atoms with van der Waals surface area (Å²) in [6, 6.07) is 6.37. The zero-order valence-electron chi connectivity index (χ0n) is 29.9. The number of ketones is 1. The largest absolute Gasteiger partial charge is 0.497 e. The van der Waals surface area contributed by atoms with Gasteiger partial charge in [0, 0.05) is 43.9 Å². The van der Waals surface area contributed by atoms with Crippen molar-refractivity contribution in [2.75, 3.05) is 26.7 Å². The Bertz CT molecular complexity index is 1760. The molecule has 12 nitrogen and oxygen atoms in total. The van der Waals surface area contributed by atoms with Crippen LogP contribution >= 0.6 is 0 Å². The Hall–Kier alpha value is -4.00. The third kappa shape index (κ3) is 7.67. The Balaban J connectivity index is 1.45. The Labute approximate surface area is 295 Å². The van der Waals surface area contributed by atoms with Crippen LogP contribution in [-0.4, -0.2) is 90.8 Å². The van der Waals surface area contributed by atoms with Crippen LogP contribution in [-0.2, 0) is 29.2 Å². The van der Waals surface area contributed by atoms with Gasteiger partial charge in [-0.15, -0.1) is 6.58 Å². The maximum Gasteiger partial charge on any atom is 0.240 e. The average Bonchev–Trinajstić information content (AvgIpc) is 4.00. The van der Waals surface area contributed by atoms with Gasteiger partial charge in [-0.05, 0) is 74.1 Å². The van der Waals surface area contributed by atoms with Crippen LogP contribution in [0.5, 0.6) is 11.6 Å². The molecule has 272 valence electrons. The molecular formula is C37H50N4O8S. The zero-order valence-corrected chi connectivity index (χ0v) is 30.8. The fraction of sp³-hybridized carbons (Fsp3) is 0.595. The summed E-state index contributed by atoms with van der Waals surface area (Å²) in [7, 11) is -2.25. The molecule has 2 heterocycles. The van der Waals surface area contributed by atoms with Crippen molar-refractivity contribution < 1.29 is 37.1 Å². The minimum Gasteiger partial charge on any atom is -0.497 e. The van der Waals surface area contributed by atoms with Gasteiger partial charge in [0.15, 0.2) is 5.78 Å². The number of ether oxygens (including phenoxy) is 2. The Morgan fingerprint density at radius 2 is 1.86 bits per heavy atom. The van der Waals surface area contributed by atoms with Crippen LogP contribution in [0.4, 0.5) is 0 Å². The molecule has 5 atom stereocenters. The number of sulfonamides is 1. The van der Waals surface area contributed by atoms with Gasteiger partial charge in [0.05, 0.1) is 36.3 Å². The second kappa shape index (κ2) is 14.3. The summed E-state index contributed by atoms with van der Waals surface area (Å²) in [6.07, 6.45) is 3.68. The lowest BCUT2D eigenvalue weighted by Gasteiger charge is -2.36. The quantitative estimate of drug-likeness (QED) is 0.267. The van der Waals surface area contributed by atoms with Gasteiger partial charge < -0.3 is 19.3 Å². The normalized spacial score (nSPS) is 24.0. The van der Waals surface area contributed by atoms with Crippen LogP contribution < -0.4 is 14.2 Å². The number of benzene rings is 1. The van der Waals surface area contributed by atoms with E-state index in [1.54, 1.807) is 30.3 Å². The van der Waals surface area contributed by atoms with Crippen molar-refractivity contribution in [3.63, 3.8) is 0 Å². The molecule has 13 heteroatoms. The second-order valence-electron chi connectivity index (χ2n) is 14.9. The number of nitrogens with zero attached hydrogens (tertiary/aromatic N) is 3. The summed E-state index contributed by atoms with van der Waals surface area (Å²) in [4.78, 5) is 63.4. The van der Waals surface area contributed by atoms with Crippen molar-refractivity contribution in [1.29, 1.82) is 0 Å². The molecule has 1 N–H and O–H groups in total. The number of carbonyl (C=O) groups is 4. The first-order valence-corrected chi connectivity index (χ1v) is 19.0. The first-order valence-electron chi connectivity index (χ1n) is 17.5. The van der Waals surface area contributed by atoms with Crippen molar-refractivity contribution in [1.82, 2.24) is 19.5 Å². The van der Waals surface area contributed by atoms with E-state index in [9.17, 15) is 27.6 Å². The molecule has 2 aliphatic carbocycles. The minimum atomic E-state index is -3.84. The lowest BCUT2D eigenvalue weighted by atomic mass is 9.77. The predicted molar refractivity (Wildman–Crippen MR) is 189 cm³/mol. The highest BCUT2D eigenvalue weighted by molar-refractivity contribution is 7.90. The second-order valence-corrected chi connectivity index (χ2v) is 16.9. The van der Waals surface area contributed by atoms with Gasteiger partial charge in [-0.25, -0.2) is 13.4 Å². The SMILES string of the molecule is C=C[C@@H]1C[C@]1(CC(=O)[C@@H]1C[C@@H](Oc2nccc3cc(OC)ccc23)CN1C(=O)[C@@H](CC(=O)N(CC)CC)C(C)(C)C)C(=O)NS(=O)(=O)C1CC1. The first kappa shape index (κ1) is 37.3. The molecule has 1 saturated heterocycles. The third-order valence-corrected chi connectivity index (χ3v) is 12.3. The van der Waals surface area contributed by atoms with E-state index >= 15 is 0 Å². The van der Waals surface area contributed by atoms with Crippen molar-refractivity contribution >= 4 is 44.3 Å². The number of hydrogen-bond acceptors (Lipinski definition) is 9. The molecule has 0 radical (unpaired) electrons. The number of allylic oxidation sites excluding steroid dienone is 1. The molecule has 0 spiro atoms. The monoisotopic (exact) mass is 710 g/mol. The number of amides is 3. The van der Waals surface area contributed by atoms with Crippen molar-refractivity contribution in [2.24, 2.45) is 22.7 Å². The van der Waals surface area contributed by atoms with Crippen LogP contribution in [0, 0.1) is 22.7 Å². The highest BCUT2D eigenvalue weighted by atomic mass is 32.2. The molecule has 1 aromatic carbocycles. The maximum absolute atomic E-state index is 14.6. The topological polar surface area (TPSA) is 152 Å². The van der Waals surface area contributed by atoms with Crippen LogP contribution in [0.2, 0.25) is 0 Å². The molecule has 1 aliphatic heterocycles. The molecule has 2 aromatic rings. The lowest BCUT2D eigenvalue weighted by Crippen LogP contribution is -2.49. The molecule has 3 fully saturated rings. The van der Waals surface area contributed by atoms with E-state index < -0.39 is 50.1 Å². The lowest BCUT2D eigenvalue weighted by molar-refractivity contribution is -0.148. The molecule has 0 bridgehead atoms. The van der Waals surface area contributed by atoms with Crippen molar-refractivity contribution in [2.45, 2.75) is 90.5 Å². The summed E-state index contributed by atoms with van der Waals surface area (Å²) < 4.78 is 39.4. The highest BCUT2D eigenvalue weighted by Crippen LogP contribution is 2.57. The molecular weight excluding hydrogens is 660 g/mol. The molecule has 2 saturated carbocycles. The standard InChI is InChI=1S/C37H50N4O8S/c1-8-24-20-37(24,35(45)39-50(46,47)27-12-13-27)21-31(42)30-18-26(49-33-28-14-11-25(48-7)17-23(28)15-16-38-33)22-41(30)34(44)29(36(4,5)6)19-32(43)40(9-2)10-3/h8,11,14-17,24,26-27,29-30H,1,9-10,12-13,18-22H2,2-7H3,(H,39,45)/t24-,26-,29-,30+,37-/m1/s1. The summed E-state index contributed by atoms with van der Waals surface area (Å²) in [5.74, 6) is -1.68. The smallest absolute Gasteiger partial charge is 0.240 e. The maximum atomic E-state index is 14.6. The summed E-state index contributed by atoms with van der Waals surface area (Å²) in [5.41, 5.74) is -1.89. The molecule has 3 aliphatic rings. The number of rotatable bonds is 15. The number of carbonyl (C=O) groups excluding carboxylic acids is 4. The number of likely N-dealkylation sites (tertiary alicyclic amines) is 1. The Kier molecular flexibility index (Phi) is 10.7. The van der Waals surface area contributed by atoms with E-state index in [0.29, 0.717) is 37.6 Å². The molecule has 50 heavy (non-hydrogen) atoms. The molecule has 1 aromatic heterocycles. The van der Waals surface area contributed by atoms with Gasteiger partial charge in [0.25, 0.3) is 0 Å². The van der Waals surface area contributed by atoms with Gasteiger partial charge in [-0.1, -0.05) is 26.8 Å². The van der Waals surface area contributed by atoms with E-state index in [4.69, 9.17) is 9.47 Å². The summed E-state index contributed by atoms with van der Waals surface area (Å²) in [5, 5.41) is 0.977. The number of aromatic nitrogens is 1. The molecule has 3 amide bonds. The Morgan fingerprint density at radius 1 is 1.16 bits per heavy atom. The number of pyridine rings is 1. The first-order chi connectivity index (χ1) is 23.6. The third-order valence-electron chi connectivity index (χ3n) is 10.5. The fourth-order valence-corrected chi connectivity index (χ4v) is 8.48. The van der Waals surface area contributed by atoms with Crippen molar-refractivity contribution in [3.8, 4) is 11.6 Å². The van der Waals surface area contributed by atoms with Gasteiger partial charge in [-0.2, -0.15) is 0 Å². The number of hydrogen-bond donors (Lipinski definition) is 1. The summed E-state index contributed by atoms with van der Waals surface area (Å²) in [6.45, 7) is 14.4. The number of fused-ring (bicyclic) bond motifs is 1. The summed E-state index contributed by atoms with van der Waals surface area (Å²) >= 11 is 0. The van der Waals surface area contributed by atoms with Crippen LogP contribution in [0.3, 0.4) is 0 Å². The van der Waals surface area contributed by atoms with Crippen LogP contribution in [0.1, 0.15) is 73.1 Å². The van der Waals surface area contributed by atoms with E-state index in [1.807, 2.05) is 52.8 Å². The van der Waals surface area contributed by atoms with Gasteiger partial charge in [-0.3, -0.25) is 23.9 Å². The van der Waals surface area contributed by atoms with E-state index in [-0.39, 0.29) is 55.7 Å². The van der Waals surface area contributed by atoms with E-state index in [2.05, 4.69) is 16.3 Å². The van der Waals surface area contributed by atoms with E-state index in [0.717, 1.165) is 10.8 Å². The minimum absolute atomic E-state index is 0.0242. The van der Waals surface area contributed by atoms with E-state index in [1.165, 1.54) is 4.90 Å². The number of Topliss-reactive ketones (excluding diaryl/α,β-unsaturated/α-hetero) is 1.